The molecule has 0 spiro atoms. The normalized spacial score (nSPS) is 14.1. The first-order valence-electron chi connectivity index (χ1n) is 27.0. The third-order valence-electron chi connectivity index (χ3n) is 14.5. The van der Waals surface area contributed by atoms with Gasteiger partial charge in [0.15, 0.2) is 5.82 Å². The molecule has 27 heteroatoms. The van der Waals surface area contributed by atoms with Crippen LogP contribution < -0.4 is 45.3 Å². The predicted octanol–water partition coefficient (Wildman–Crippen LogP) is 10.4. The first kappa shape index (κ1) is 61.1. The maximum Gasteiger partial charge on any atom is 0.573 e. The summed E-state index contributed by atoms with van der Waals surface area (Å²) in [6.07, 6.45) is -4.43. The van der Waals surface area contributed by atoms with Crippen molar-refractivity contribution in [3.8, 4) is 28.9 Å². The SMILES string of the molecule is C=CC(=O)Nc1cc(Nc2nccc(-n3c(C)nc4cc(C5CC5CN(C)CCN(C)c5cc(OC)c(Nc6ncc(C(F)(F)F)c(-n7c(C)nc8cc(OC(F)(F)F)ccc87)n6)cc5NC(=O)C=C)ccc43)n2)c(OC)cc1N(C)CCN(C)C. The summed E-state index contributed by atoms with van der Waals surface area (Å²) in [7, 11) is 12.8. The summed E-state index contributed by atoms with van der Waals surface area (Å²) in [5.74, 6) is 0.575. The number of nitrogens with zero attached hydrogens (tertiary/aromatic N) is 12. The zero-order valence-corrected chi connectivity index (χ0v) is 48.6. The summed E-state index contributed by atoms with van der Waals surface area (Å²) in [5.41, 5.74) is 4.45. The number of benzene rings is 4. The van der Waals surface area contributed by atoms with E-state index < -0.39 is 35.6 Å². The largest absolute Gasteiger partial charge is 0.573 e. The molecule has 1 saturated carbocycles. The highest BCUT2D eigenvalue weighted by atomic mass is 19.4. The summed E-state index contributed by atoms with van der Waals surface area (Å²) in [6.45, 7) is 13.9. The maximum absolute atomic E-state index is 14.6. The fourth-order valence-electron chi connectivity index (χ4n) is 10.1. The van der Waals surface area contributed by atoms with E-state index in [9.17, 15) is 35.9 Å². The zero-order chi connectivity index (χ0) is 61.9. The number of halogens is 6. The Kier molecular flexibility index (Phi) is 17.7. The second-order valence-electron chi connectivity index (χ2n) is 20.9. The second kappa shape index (κ2) is 25.0. The van der Waals surface area contributed by atoms with Gasteiger partial charge in [-0.1, -0.05) is 19.2 Å². The molecule has 9 rings (SSSR count). The van der Waals surface area contributed by atoms with Crippen LogP contribution >= 0.6 is 0 Å². The number of aromatic nitrogens is 8. The van der Waals surface area contributed by atoms with Crippen molar-refractivity contribution in [3.05, 3.63) is 127 Å². The lowest BCUT2D eigenvalue weighted by molar-refractivity contribution is -0.274. The maximum atomic E-state index is 14.6. The van der Waals surface area contributed by atoms with E-state index in [2.05, 4.69) is 87.1 Å². The molecule has 86 heavy (non-hydrogen) atoms. The topological polar surface area (TPSA) is 210 Å². The molecule has 1 fully saturated rings. The molecule has 4 aromatic heterocycles. The van der Waals surface area contributed by atoms with Crippen LogP contribution in [-0.2, 0) is 15.8 Å². The van der Waals surface area contributed by atoms with E-state index in [1.54, 1.807) is 25.4 Å². The van der Waals surface area contributed by atoms with Gasteiger partial charge in [0.05, 0.1) is 70.4 Å². The van der Waals surface area contributed by atoms with Crippen molar-refractivity contribution in [2.45, 2.75) is 38.7 Å². The first-order valence-corrected chi connectivity index (χ1v) is 27.0. The molecular weight excluding hydrogens is 1130 g/mol. The molecule has 0 radical (unpaired) electrons. The van der Waals surface area contributed by atoms with Crippen molar-refractivity contribution < 1.29 is 50.1 Å². The molecule has 4 heterocycles. The van der Waals surface area contributed by atoms with Crippen LogP contribution in [-0.4, -0.2) is 149 Å². The van der Waals surface area contributed by atoms with Crippen molar-refractivity contribution in [2.24, 2.45) is 5.92 Å². The summed E-state index contributed by atoms with van der Waals surface area (Å²) in [5, 5.41) is 12.0. The smallest absolute Gasteiger partial charge is 0.494 e. The van der Waals surface area contributed by atoms with Crippen molar-refractivity contribution in [2.75, 3.05) is 113 Å². The summed E-state index contributed by atoms with van der Waals surface area (Å²) in [4.78, 5) is 60.4. The standard InChI is InChI=1S/C59H64F6N16O5/c1-12-53(82)70-42-27-44(50(84-10)29-48(42)78(8)22-20-76(5)6)72-56-66-19-18-52(74-56)80-33(3)68-40-25-35(14-16-46(40)80)38-24-36(38)32-77(7)21-23-79(9)49-30-51(85-11)45(28-43(49)71-54(83)13-2)73-57-67-31-39(58(60,61)62)55(75-57)81-34(4)69-41-26-37(15-17-47(41)81)86-59(63,64)65/h12-19,25-31,36,38H,1-2,20-24,32H2,3-11H3,(H,70,82)(H,71,83)(H,66,72,74)(H,67,73,75). The van der Waals surface area contributed by atoms with E-state index in [4.69, 9.17) is 19.4 Å². The van der Waals surface area contributed by atoms with E-state index in [1.807, 2.05) is 68.7 Å². The number of carbonyl (C=O) groups excluding carboxylic acids is 2. The van der Waals surface area contributed by atoms with Gasteiger partial charge in [0, 0.05) is 77.4 Å². The molecule has 21 nitrogen and oxygen atoms in total. The molecule has 1 aliphatic rings. The number of rotatable bonds is 24. The predicted molar refractivity (Wildman–Crippen MR) is 318 cm³/mol. The number of ether oxygens (including phenoxy) is 3. The van der Waals surface area contributed by atoms with E-state index in [0.29, 0.717) is 77.9 Å². The number of imidazole rings is 2. The third kappa shape index (κ3) is 13.8. The van der Waals surface area contributed by atoms with Crippen LogP contribution in [0.2, 0.25) is 0 Å². The minimum Gasteiger partial charge on any atom is -0.494 e. The monoisotopic (exact) mass is 1190 g/mol. The van der Waals surface area contributed by atoms with Crippen LogP contribution in [0.15, 0.2) is 104 Å². The molecule has 2 amide bonds. The number of hydrogen-bond donors (Lipinski definition) is 4. The van der Waals surface area contributed by atoms with E-state index >= 15 is 0 Å². The van der Waals surface area contributed by atoms with Gasteiger partial charge in [0.1, 0.15) is 40.3 Å². The Balaban J connectivity index is 0.874. The van der Waals surface area contributed by atoms with Gasteiger partial charge in [-0.3, -0.25) is 18.7 Å². The number of amides is 2. The van der Waals surface area contributed by atoms with Crippen molar-refractivity contribution >= 4 is 79.9 Å². The zero-order valence-electron chi connectivity index (χ0n) is 48.6. The molecule has 4 N–H and O–H groups in total. The molecule has 0 aliphatic heterocycles. The number of carbonyl (C=O) groups is 2. The Hall–Kier alpha value is -9.50. The Morgan fingerprint density at radius 3 is 1.80 bits per heavy atom. The molecule has 2 unspecified atom stereocenters. The Morgan fingerprint density at radius 2 is 1.23 bits per heavy atom. The summed E-state index contributed by atoms with van der Waals surface area (Å²) in [6, 6.07) is 18.0. The molecule has 8 aromatic rings. The van der Waals surface area contributed by atoms with Gasteiger partial charge in [-0.15, -0.1) is 13.2 Å². The fourth-order valence-corrected chi connectivity index (χ4v) is 10.1. The molecule has 0 bridgehead atoms. The van der Waals surface area contributed by atoms with Gasteiger partial charge in [-0.05, 0) is 113 Å². The number of alkyl halides is 6. The van der Waals surface area contributed by atoms with Gasteiger partial charge in [0.2, 0.25) is 23.7 Å². The lowest BCUT2D eigenvalue weighted by Gasteiger charge is -2.27. The third-order valence-corrected chi connectivity index (χ3v) is 14.5. The highest BCUT2D eigenvalue weighted by Gasteiger charge is 2.40. The Bertz CT molecular complexity index is 3870. The van der Waals surface area contributed by atoms with Crippen molar-refractivity contribution in [3.63, 3.8) is 0 Å². The van der Waals surface area contributed by atoms with Crippen LogP contribution in [0.25, 0.3) is 33.7 Å². The van der Waals surface area contributed by atoms with Crippen LogP contribution in [0.3, 0.4) is 0 Å². The number of aryl methyl sites for hydroxylation is 2. The average Bonchev–Trinajstić information content (AvgIpc) is 2.06. The molecule has 1 aliphatic carbocycles. The van der Waals surface area contributed by atoms with Gasteiger partial charge < -0.3 is 55.1 Å². The first-order chi connectivity index (χ1) is 40.8. The summed E-state index contributed by atoms with van der Waals surface area (Å²) >= 11 is 0. The Labute approximate surface area is 491 Å². The number of nitrogens with one attached hydrogen (secondary N) is 4. The molecule has 2 atom stereocenters. The summed E-state index contributed by atoms with van der Waals surface area (Å²) < 4.78 is 101. The lowest BCUT2D eigenvalue weighted by Crippen LogP contribution is -2.32. The van der Waals surface area contributed by atoms with Crippen LogP contribution in [0.1, 0.15) is 35.1 Å². The average molecular weight is 1190 g/mol. The second-order valence-corrected chi connectivity index (χ2v) is 20.9. The molecular formula is C59H64F6N16O5. The van der Waals surface area contributed by atoms with Gasteiger partial charge >= 0.3 is 12.5 Å². The highest BCUT2D eigenvalue weighted by molar-refractivity contribution is 6.03. The van der Waals surface area contributed by atoms with Gasteiger partial charge in [0.25, 0.3) is 0 Å². The van der Waals surface area contributed by atoms with Gasteiger partial charge in [-0.2, -0.15) is 23.1 Å². The Morgan fingerprint density at radius 1 is 0.674 bits per heavy atom. The molecule has 452 valence electrons. The van der Waals surface area contributed by atoms with Crippen LogP contribution in [0, 0.1) is 19.8 Å². The number of fused-ring (bicyclic) bond motifs is 2. The van der Waals surface area contributed by atoms with E-state index in [-0.39, 0.29) is 40.2 Å². The highest BCUT2D eigenvalue weighted by Crippen LogP contribution is 2.49. The minimum atomic E-state index is -5.01. The van der Waals surface area contributed by atoms with Crippen LogP contribution in [0.5, 0.6) is 17.2 Å². The van der Waals surface area contributed by atoms with E-state index in [0.717, 1.165) is 70.9 Å². The van der Waals surface area contributed by atoms with Gasteiger partial charge in [-0.25, -0.2) is 19.9 Å². The minimum absolute atomic E-state index is 0.0147. The number of likely N-dealkylation sites (N-methyl/N-ethyl adjacent to an activating group) is 4. The van der Waals surface area contributed by atoms with Crippen molar-refractivity contribution in [1.29, 1.82) is 0 Å². The quantitative estimate of drug-likeness (QED) is 0.0327. The van der Waals surface area contributed by atoms with Crippen molar-refractivity contribution in [1.82, 2.24) is 48.8 Å². The molecule has 0 saturated heterocycles. The lowest BCUT2D eigenvalue weighted by atomic mass is 10.1. The number of anilines is 8. The number of methoxy groups -OCH3 is 2. The molecule has 4 aromatic carbocycles. The van der Waals surface area contributed by atoms with Crippen LogP contribution in [0.4, 0.5) is 72.4 Å². The fraction of sp³-hybridized carbons (Fsp3) is 0.322. The van der Waals surface area contributed by atoms with E-state index in [1.165, 1.54) is 31.7 Å². The number of hydrogen-bond acceptors (Lipinski definition) is 17.